The van der Waals surface area contributed by atoms with Gasteiger partial charge in [-0.15, -0.1) is 0 Å². The van der Waals surface area contributed by atoms with Crippen LogP contribution in [-0.4, -0.2) is 17.5 Å². The van der Waals surface area contributed by atoms with Crippen molar-refractivity contribution in [2.45, 2.75) is 33.6 Å². The van der Waals surface area contributed by atoms with Gasteiger partial charge in [0.05, 0.1) is 0 Å². The van der Waals surface area contributed by atoms with Crippen molar-refractivity contribution in [1.82, 2.24) is 3.53 Å². The van der Waals surface area contributed by atoms with E-state index in [9.17, 15) is 4.79 Å². The number of esters is 1. The summed E-state index contributed by atoms with van der Waals surface area (Å²) in [6.45, 7) is 9.61. The molecule has 0 heterocycles. The molecule has 2 N–H and O–H groups in total. The van der Waals surface area contributed by atoms with Crippen LogP contribution < -0.4 is 3.53 Å². The van der Waals surface area contributed by atoms with E-state index in [1.54, 1.807) is 22.9 Å². The Hall–Kier alpha value is -0.140. The van der Waals surface area contributed by atoms with Crippen molar-refractivity contribution in [2.24, 2.45) is 5.41 Å². The zero-order valence-corrected chi connectivity index (χ0v) is 10.8. The monoisotopic (exact) mass is 313 g/mol. The van der Waals surface area contributed by atoms with Crippen molar-refractivity contribution in [3.8, 4) is 0 Å². The summed E-state index contributed by atoms with van der Waals surface area (Å²) >= 11 is 1.69. The van der Waals surface area contributed by atoms with Crippen LogP contribution in [0.3, 0.4) is 0 Å². The van der Waals surface area contributed by atoms with Crippen molar-refractivity contribution in [3.63, 3.8) is 0 Å². The number of carbonyl (C=O) groups excluding carboxylic acids is 1. The molecule has 0 aliphatic rings. The first-order valence-electron chi connectivity index (χ1n) is 4.19. The van der Waals surface area contributed by atoms with Crippen LogP contribution in [-0.2, 0) is 9.53 Å². The fourth-order valence-electron chi connectivity index (χ4n) is 0.919. The van der Waals surface area contributed by atoms with Gasteiger partial charge in [-0.05, 0) is 11.8 Å². The number of carbonyl (C=O) groups is 1. The van der Waals surface area contributed by atoms with E-state index < -0.39 is 12.4 Å². The molecule has 0 saturated heterocycles. The highest BCUT2D eigenvalue weighted by Gasteiger charge is 2.19. The van der Waals surface area contributed by atoms with Gasteiger partial charge in [-0.25, -0.2) is 8.32 Å². The van der Waals surface area contributed by atoms with Crippen molar-refractivity contribution in [3.05, 3.63) is 12.2 Å². The summed E-state index contributed by atoms with van der Waals surface area (Å²) in [6.07, 6.45) is -0.736. The van der Waals surface area contributed by atoms with Gasteiger partial charge >= 0.3 is 5.97 Å². The van der Waals surface area contributed by atoms with E-state index in [4.69, 9.17) is 5.11 Å². The number of ether oxygens (including phenoxy) is 1. The molecule has 0 bridgehead atoms. The zero-order chi connectivity index (χ0) is 11.4. The first kappa shape index (κ1) is 13.9. The zero-order valence-electron chi connectivity index (χ0n) is 8.63. The molecule has 4 nitrogen and oxygen atoms in total. The highest BCUT2D eigenvalue weighted by atomic mass is 127. The molecule has 5 heteroatoms. The number of nitrogens with one attached hydrogen (secondary N) is 1. The lowest BCUT2D eigenvalue weighted by atomic mass is 9.88. The van der Waals surface area contributed by atoms with E-state index in [2.05, 4.69) is 14.8 Å². The van der Waals surface area contributed by atoms with Gasteiger partial charge in [-0.3, -0.25) is 0 Å². The predicted molar refractivity (Wildman–Crippen MR) is 62.5 cm³/mol. The van der Waals surface area contributed by atoms with Gasteiger partial charge < -0.3 is 9.84 Å². The molecule has 0 aromatic carbocycles. The molecule has 0 fully saturated rings. The van der Waals surface area contributed by atoms with Crippen LogP contribution in [0, 0.1) is 5.41 Å². The molecule has 0 aliphatic carbocycles. The van der Waals surface area contributed by atoms with Crippen molar-refractivity contribution in [1.29, 1.82) is 0 Å². The van der Waals surface area contributed by atoms with Gasteiger partial charge in [0, 0.05) is 28.4 Å². The molecule has 82 valence electrons. The number of hydrogen-bond acceptors (Lipinski definition) is 4. The van der Waals surface area contributed by atoms with Crippen molar-refractivity contribution < 1.29 is 14.6 Å². The van der Waals surface area contributed by atoms with E-state index in [-0.39, 0.29) is 5.41 Å². The topological polar surface area (TPSA) is 58.6 Å². The normalized spacial score (nSPS) is 13.5. The van der Waals surface area contributed by atoms with Gasteiger partial charge in [-0.2, -0.15) is 0 Å². The quantitative estimate of drug-likeness (QED) is 0.273. The Morgan fingerprint density at radius 1 is 1.64 bits per heavy atom. The van der Waals surface area contributed by atoms with E-state index in [0.29, 0.717) is 12.0 Å². The summed E-state index contributed by atoms with van der Waals surface area (Å²) in [6, 6.07) is 0. The first-order chi connectivity index (χ1) is 6.26. The molecule has 0 radical (unpaired) electrons. The van der Waals surface area contributed by atoms with Crippen molar-refractivity contribution in [2.75, 3.05) is 0 Å². The molecular formula is C9H16INO3. The third kappa shape index (κ3) is 6.33. The lowest BCUT2D eigenvalue weighted by Crippen LogP contribution is -2.27. The lowest BCUT2D eigenvalue weighted by Gasteiger charge is -2.19. The molecule has 0 rings (SSSR count). The van der Waals surface area contributed by atoms with Crippen LogP contribution in [0.25, 0.3) is 0 Å². The number of aliphatic hydroxyl groups is 1. The molecule has 0 saturated carbocycles. The highest BCUT2D eigenvalue weighted by Crippen LogP contribution is 2.23. The summed E-state index contributed by atoms with van der Waals surface area (Å²) in [4.78, 5) is 11.3. The molecule has 14 heavy (non-hydrogen) atoms. The molecule has 0 amide bonds. The molecule has 1 atom stereocenters. The van der Waals surface area contributed by atoms with Gasteiger partial charge in [0.2, 0.25) is 0 Å². The largest absolute Gasteiger partial charge is 0.418 e. The van der Waals surface area contributed by atoms with E-state index >= 15 is 0 Å². The van der Waals surface area contributed by atoms with Crippen LogP contribution in [0.5, 0.6) is 0 Å². The average molecular weight is 313 g/mol. The number of halogens is 1. The maximum atomic E-state index is 11.3. The number of aliphatic hydroxyl groups excluding tert-OH is 1. The number of rotatable bonds is 4. The average Bonchev–Trinajstić information content (AvgIpc) is 2.00. The summed E-state index contributed by atoms with van der Waals surface area (Å²) < 4.78 is 6.96. The van der Waals surface area contributed by atoms with Crippen LogP contribution in [0.2, 0.25) is 0 Å². The van der Waals surface area contributed by atoms with Crippen LogP contribution in [0.1, 0.15) is 27.2 Å². The Bertz CT molecular complexity index is 223. The van der Waals surface area contributed by atoms with Crippen LogP contribution >= 0.6 is 22.9 Å². The SMILES string of the molecule is C=C(CC(C)(C)C)C(=O)OC(O)NI. The Kier molecular flexibility index (Phi) is 5.61. The van der Waals surface area contributed by atoms with E-state index in [1.165, 1.54) is 0 Å². The molecule has 0 aromatic heterocycles. The molecule has 0 aliphatic heterocycles. The van der Waals surface area contributed by atoms with Crippen molar-refractivity contribution >= 4 is 28.8 Å². The molecule has 0 aromatic rings. The maximum Gasteiger partial charge on any atom is 0.336 e. The van der Waals surface area contributed by atoms with E-state index in [1.807, 2.05) is 20.8 Å². The summed E-state index contributed by atoms with van der Waals surface area (Å²) in [7, 11) is 0. The van der Waals surface area contributed by atoms with E-state index in [0.717, 1.165) is 0 Å². The minimum Gasteiger partial charge on any atom is -0.418 e. The third-order valence-corrected chi connectivity index (χ3v) is 1.88. The minimum absolute atomic E-state index is 0.0151. The predicted octanol–water partition coefficient (Wildman–Crippen LogP) is 1.74. The van der Waals surface area contributed by atoms with Gasteiger partial charge in [-0.1, -0.05) is 27.4 Å². The smallest absolute Gasteiger partial charge is 0.336 e. The summed E-state index contributed by atoms with van der Waals surface area (Å²) in [5.74, 6) is -0.573. The Balaban J connectivity index is 4.08. The summed E-state index contributed by atoms with van der Waals surface area (Å²) in [5.41, 5.74) is 0.349. The molecule has 0 spiro atoms. The second kappa shape index (κ2) is 5.67. The molecular weight excluding hydrogens is 297 g/mol. The summed E-state index contributed by atoms with van der Waals surface area (Å²) in [5, 5.41) is 8.97. The Morgan fingerprint density at radius 3 is 2.50 bits per heavy atom. The van der Waals surface area contributed by atoms with Gasteiger partial charge in [0.1, 0.15) is 0 Å². The standard InChI is InChI=1S/C9H16INO3/c1-6(5-9(2,3)4)7(12)14-8(13)11-10/h8,11,13H,1,5H2,2-4H3. The van der Waals surface area contributed by atoms with Gasteiger partial charge in [0.15, 0.2) is 0 Å². The minimum atomic E-state index is -1.28. The fourth-order valence-corrected chi connectivity index (χ4v) is 1.05. The Morgan fingerprint density at radius 2 is 2.14 bits per heavy atom. The maximum absolute atomic E-state index is 11.3. The lowest BCUT2D eigenvalue weighted by molar-refractivity contribution is -0.163. The second-order valence-electron chi connectivity index (χ2n) is 4.21. The van der Waals surface area contributed by atoms with Crippen LogP contribution in [0.15, 0.2) is 12.2 Å². The second-order valence-corrected chi connectivity index (χ2v) is 4.83. The number of hydrogen-bond donors (Lipinski definition) is 2. The fraction of sp³-hybridized carbons (Fsp3) is 0.667. The van der Waals surface area contributed by atoms with Crippen LogP contribution in [0.4, 0.5) is 0 Å². The molecule has 1 unspecified atom stereocenters. The third-order valence-electron chi connectivity index (χ3n) is 1.34. The Labute approximate surface area is 98.2 Å². The first-order valence-corrected chi connectivity index (χ1v) is 5.27. The van der Waals surface area contributed by atoms with Gasteiger partial charge in [0.25, 0.3) is 6.41 Å². The highest BCUT2D eigenvalue weighted by molar-refractivity contribution is 14.1.